The number of rotatable bonds is 14. The molecule has 2 fully saturated rings. The van der Waals surface area contributed by atoms with E-state index in [0.717, 1.165) is 32.1 Å². The van der Waals surface area contributed by atoms with Gasteiger partial charge in [-0.25, -0.2) is 0 Å². The fraction of sp³-hybridized carbons (Fsp3) is 0.708. The van der Waals surface area contributed by atoms with E-state index in [1.54, 1.807) is 13.0 Å². The van der Waals surface area contributed by atoms with E-state index in [1.165, 1.54) is 0 Å². The van der Waals surface area contributed by atoms with Gasteiger partial charge in [0.05, 0.1) is 18.1 Å². The Morgan fingerprint density at radius 1 is 1.07 bits per heavy atom. The lowest BCUT2D eigenvalue weighted by Crippen LogP contribution is -2.31. The van der Waals surface area contributed by atoms with Crippen molar-refractivity contribution < 1.29 is 24.2 Å². The van der Waals surface area contributed by atoms with Gasteiger partial charge in [0.1, 0.15) is 11.6 Å². The maximum Gasteiger partial charge on any atom is 0.313 e. The van der Waals surface area contributed by atoms with Gasteiger partial charge in [-0.2, -0.15) is 0 Å². The molecule has 2 saturated carbocycles. The first-order chi connectivity index (χ1) is 13.9. The summed E-state index contributed by atoms with van der Waals surface area (Å²) in [6.07, 6.45) is 9.69. The lowest BCUT2D eigenvalue weighted by Gasteiger charge is -2.20. The Kier molecular flexibility index (Phi) is 8.81. The number of hydrogen-bond acceptors (Lipinski definition) is 5. The van der Waals surface area contributed by atoms with Gasteiger partial charge in [-0.15, -0.1) is 13.2 Å². The SMILES string of the molecule is C=CCCCCCCC(=O)[C@@H]1C[C@@H](O)C[C@H]1C(=O)C[C@]1(C(=O)OCC)C[C@H]1C=C. The molecule has 0 spiro atoms. The number of allylic oxidation sites excluding steroid dienone is 2. The van der Waals surface area contributed by atoms with Crippen molar-refractivity contribution in [2.75, 3.05) is 6.61 Å². The van der Waals surface area contributed by atoms with Crippen molar-refractivity contribution in [1.82, 2.24) is 0 Å². The smallest absolute Gasteiger partial charge is 0.313 e. The van der Waals surface area contributed by atoms with Crippen molar-refractivity contribution in [1.29, 1.82) is 0 Å². The van der Waals surface area contributed by atoms with Crippen molar-refractivity contribution in [3.05, 3.63) is 25.3 Å². The Bertz CT molecular complexity index is 625. The molecule has 5 heteroatoms. The zero-order valence-corrected chi connectivity index (χ0v) is 17.7. The van der Waals surface area contributed by atoms with E-state index >= 15 is 0 Å². The van der Waals surface area contributed by atoms with Crippen LogP contribution in [0.2, 0.25) is 0 Å². The van der Waals surface area contributed by atoms with Gasteiger partial charge in [0.25, 0.3) is 0 Å². The summed E-state index contributed by atoms with van der Waals surface area (Å²) < 4.78 is 5.19. The fourth-order valence-electron chi connectivity index (χ4n) is 4.72. The van der Waals surface area contributed by atoms with Gasteiger partial charge in [-0.05, 0) is 51.4 Å². The molecule has 5 nitrogen and oxygen atoms in total. The highest BCUT2D eigenvalue weighted by Crippen LogP contribution is 2.57. The summed E-state index contributed by atoms with van der Waals surface area (Å²) in [4.78, 5) is 38.2. The van der Waals surface area contributed by atoms with Gasteiger partial charge in [-0.1, -0.05) is 25.0 Å². The van der Waals surface area contributed by atoms with Crippen LogP contribution in [0.5, 0.6) is 0 Å². The average Bonchev–Trinajstić information content (AvgIpc) is 3.27. The Labute approximate surface area is 174 Å². The number of unbranched alkanes of at least 4 members (excludes halogenated alkanes) is 4. The predicted octanol–water partition coefficient (Wildman–Crippen LogP) is 4.18. The van der Waals surface area contributed by atoms with Gasteiger partial charge in [-0.3, -0.25) is 14.4 Å². The summed E-state index contributed by atoms with van der Waals surface area (Å²) >= 11 is 0. The molecule has 29 heavy (non-hydrogen) atoms. The van der Waals surface area contributed by atoms with Crippen LogP contribution < -0.4 is 0 Å². The molecule has 0 saturated heterocycles. The molecule has 0 unspecified atom stereocenters. The summed E-state index contributed by atoms with van der Waals surface area (Å²) in [6, 6.07) is 0. The second-order valence-electron chi connectivity index (χ2n) is 8.61. The van der Waals surface area contributed by atoms with E-state index in [0.29, 0.717) is 25.7 Å². The number of hydrogen-bond donors (Lipinski definition) is 1. The Balaban J connectivity index is 1.93. The van der Waals surface area contributed by atoms with Crippen molar-refractivity contribution >= 4 is 17.5 Å². The average molecular weight is 405 g/mol. The van der Waals surface area contributed by atoms with Gasteiger partial charge in [0, 0.05) is 24.7 Å². The minimum absolute atomic E-state index is 0.0541. The summed E-state index contributed by atoms with van der Waals surface area (Å²) in [6.45, 7) is 9.49. The van der Waals surface area contributed by atoms with Crippen LogP contribution in [0.3, 0.4) is 0 Å². The van der Waals surface area contributed by atoms with Gasteiger partial charge >= 0.3 is 5.97 Å². The molecule has 2 aliphatic rings. The third-order valence-corrected chi connectivity index (χ3v) is 6.54. The van der Waals surface area contributed by atoms with Gasteiger partial charge < -0.3 is 9.84 Å². The number of esters is 1. The molecule has 0 amide bonds. The summed E-state index contributed by atoms with van der Waals surface area (Å²) in [7, 11) is 0. The van der Waals surface area contributed by atoms with Gasteiger partial charge in [0.15, 0.2) is 0 Å². The molecule has 0 aromatic heterocycles. The second-order valence-corrected chi connectivity index (χ2v) is 8.61. The van der Waals surface area contributed by atoms with Gasteiger partial charge in [0.2, 0.25) is 0 Å². The maximum atomic E-state index is 13.1. The van der Waals surface area contributed by atoms with Crippen LogP contribution in [-0.4, -0.2) is 35.4 Å². The lowest BCUT2D eigenvalue weighted by atomic mass is 9.82. The lowest BCUT2D eigenvalue weighted by molar-refractivity contribution is -0.152. The number of Topliss-reactive ketones (excluding diaryl/α,β-unsaturated/α-hetero) is 2. The molecular weight excluding hydrogens is 368 g/mol. The molecule has 162 valence electrons. The summed E-state index contributed by atoms with van der Waals surface area (Å²) in [5.74, 6) is -1.34. The first-order valence-corrected chi connectivity index (χ1v) is 11.0. The first kappa shape index (κ1) is 23.5. The number of ketones is 2. The first-order valence-electron chi connectivity index (χ1n) is 11.0. The minimum atomic E-state index is -0.818. The molecule has 0 bridgehead atoms. The molecule has 2 rings (SSSR count). The number of carbonyl (C=O) groups excluding carboxylic acids is 3. The molecule has 5 atom stereocenters. The monoisotopic (exact) mass is 404 g/mol. The third kappa shape index (κ3) is 5.88. The number of aliphatic hydroxyl groups excluding tert-OH is 1. The zero-order valence-electron chi connectivity index (χ0n) is 17.7. The molecule has 0 radical (unpaired) electrons. The predicted molar refractivity (Wildman–Crippen MR) is 112 cm³/mol. The number of aliphatic hydroxyl groups is 1. The van der Waals surface area contributed by atoms with Crippen LogP contribution in [0.1, 0.15) is 71.1 Å². The Morgan fingerprint density at radius 2 is 1.72 bits per heavy atom. The Hall–Kier alpha value is -1.75. The largest absolute Gasteiger partial charge is 0.466 e. The highest BCUT2D eigenvalue weighted by atomic mass is 16.5. The van der Waals surface area contributed by atoms with E-state index in [4.69, 9.17) is 4.74 Å². The number of ether oxygens (including phenoxy) is 1. The molecule has 0 heterocycles. The van der Waals surface area contributed by atoms with Crippen molar-refractivity contribution in [2.24, 2.45) is 23.2 Å². The molecule has 1 N–H and O–H groups in total. The van der Waals surface area contributed by atoms with Crippen LogP contribution in [0.15, 0.2) is 25.3 Å². The second kappa shape index (κ2) is 10.9. The van der Waals surface area contributed by atoms with E-state index in [2.05, 4.69) is 13.2 Å². The maximum absolute atomic E-state index is 13.1. The van der Waals surface area contributed by atoms with Crippen LogP contribution >= 0.6 is 0 Å². The summed E-state index contributed by atoms with van der Waals surface area (Å²) in [5, 5.41) is 10.1. The topological polar surface area (TPSA) is 80.7 Å². The summed E-state index contributed by atoms with van der Waals surface area (Å²) in [5.41, 5.74) is -0.818. The minimum Gasteiger partial charge on any atom is -0.466 e. The third-order valence-electron chi connectivity index (χ3n) is 6.54. The standard InChI is InChI=1S/C24H36O5/c1-4-7-8-9-10-11-12-21(26)19-13-18(25)14-20(19)22(27)16-24(15-17(24)5-2)23(28)29-6-3/h4-5,17-20,25H,1-2,6-16H2,3H3/t17-,18-,19-,20-,24-/m1/s1. The molecule has 2 aliphatic carbocycles. The van der Waals surface area contributed by atoms with Crippen molar-refractivity contribution in [3.63, 3.8) is 0 Å². The van der Waals surface area contributed by atoms with Crippen LogP contribution in [0.25, 0.3) is 0 Å². The zero-order chi connectivity index (χ0) is 21.4. The van der Waals surface area contributed by atoms with E-state index in [9.17, 15) is 19.5 Å². The van der Waals surface area contributed by atoms with Crippen LogP contribution in [0.4, 0.5) is 0 Å². The highest BCUT2D eigenvalue weighted by molar-refractivity contribution is 5.94. The quantitative estimate of drug-likeness (QED) is 0.267. The van der Waals surface area contributed by atoms with E-state index in [1.807, 2.05) is 6.08 Å². The Morgan fingerprint density at radius 3 is 2.31 bits per heavy atom. The molecule has 0 aromatic carbocycles. The van der Waals surface area contributed by atoms with E-state index < -0.39 is 23.4 Å². The highest BCUT2D eigenvalue weighted by Gasteiger charge is 2.61. The normalized spacial score (nSPS) is 30.6. The van der Waals surface area contributed by atoms with Crippen molar-refractivity contribution in [2.45, 2.75) is 77.2 Å². The van der Waals surface area contributed by atoms with Crippen molar-refractivity contribution in [3.8, 4) is 0 Å². The fourth-order valence-corrected chi connectivity index (χ4v) is 4.72. The molecular formula is C24H36O5. The number of carbonyl (C=O) groups is 3. The molecule has 0 aliphatic heterocycles. The molecule has 0 aromatic rings. The van der Waals surface area contributed by atoms with E-state index in [-0.39, 0.29) is 36.5 Å². The van der Waals surface area contributed by atoms with Crippen LogP contribution in [0, 0.1) is 23.2 Å². The van der Waals surface area contributed by atoms with Crippen LogP contribution in [-0.2, 0) is 19.1 Å².